The molecule has 0 aliphatic heterocycles. The number of hydrogen-bond acceptors (Lipinski definition) is 6. The normalized spacial score (nSPS) is 12.3. The SMILES string of the molecule is CC(C)[C@H](NC(=O)OC(C)(C)C)C(=O)OCC(=O)N(C)CC(=O)O. The van der Waals surface area contributed by atoms with E-state index in [1.54, 1.807) is 34.6 Å². The summed E-state index contributed by atoms with van der Waals surface area (Å²) in [5, 5.41) is 11.0. The van der Waals surface area contributed by atoms with Gasteiger partial charge in [-0.2, -0.15) is 0 Å². The second kappa shape index (κ2) is 9.09. The van der Waals surface area contributed by atoms with Gasteiger partial charge in [-0.1, -0.05) is 13.8 Å². The summed E-state index contributed by atoms with van der Waals surface area (Å²) in [4.78, 5) is 46.9. The Morgan fingerprint density at radius 2 is 1.71 bits per heavy atom. The average Bonchev–Trinajstić information content (AvgIpc) is 2.38. The maximum Gasteiger partial charge on any atom is 0.408 e. The number of carboxylic acid groups (broad SMARTS) is 1. The first-order valence-electron chi connectivity index (χ1n) is 7.45. The van der Waals surface area contributed by atoms with E-state index in [2.05, 4.69) is 5.32 Å². The van der Waals surface area contributed by atoms with Gasteiger partial charge in [0.25, 0.3) is 5.91 Å². The number of rotatable bonds is 7. The van der Waals surface area contributed by atoms with Crippen LogP contribution in [0.25, 0.3) is 0 Å². The molecule has 0 aromatic carbocycles. The third kappa shape index (κ3) is 8.96. The van der Waals surface area contributed by atoms with Crippen molar-refractivity contribution >= 4 is 23.9 Å². The standard InChI is InChI=1S/C15H26N2O7/c1-9(2)12(16-14(22)24-15(3,4)5)13(21)23-8-10(18)17(6)7-11(19)20/h9,12H,7-8H2,1-6H3,(H,16,22)(H,19,20)/t12-/m0/s1. The van der Waals surface area contributed by atoms with Crippen LogP contribution in [0, 0.1) is 5.92 Å². The Morgan fingerprint density at radius 3 is 2.12 bits per heavy atom. The number of esters is 1. The molecule has 0 saturated heterocycles. The Labute approximate surface area is 141 Å². The first-order chi connectivity index (χ1) is 10.8. The van der Waals surface area contributed by atoms with Crippen molar-refractivity contribution in [1.82, 2.24) is 10.2 Å². The topological polar surface area (TPSA) is 122 Å². The minimum atomic E-state index is -1.18. The molecule has 2 N–H and O–H groups in total. The molecule has 0 heterocycles. The molecule has 2 amide bonds. The Hall–Kier alpha value is -2.32. The molecule has 0 aliphatic rings. The van der Waals surface area contributed by atoms with Gasteiger partial charge in [0.05, 0.1) is 0 Å². The van der Waals surface area contributed by atoms with Gasteiger partial charge in [0.1, 0.15) is 18.2 Å². The number of amides is 2. The minimum Gasteiger partial charge on any atom is -0.480 e. The zero-order valence-corrected chi connectivity index (χ0v) is 14.9. The highest BCUT2D eigenvalue weighted by molar-refractivity contribution is 5.86. The summed E-state index contributed by atoms with van der Waals surface area (Å²) in [5.74, 6) is -2.93. The van der Waals surface area contributed by atoms with Gasteiger partial charge in [-0.25, -0.2) is 9.59 Å². The predicted molar refractivity (Wildman–Crippen MR) is 84.2 cm³/mol. The lowest BCUT2D eigenvalue weighted by atomic mass is 10.1. The molecular weight excluding hydrogens is 320 g/mol. The van der Waals surface area contributed by atoms with Gasteiger partial charge < -0.3 is 24.8 Å². The van der Waals surface area contributed by atoms with Crippen LogP contribution in [-0.4, -0.2) is 65.8 Å². The molecule has 138 valence electrons. The second-order valence-electron chi connectivity index (χ2n) is 6.62. The quantitative estimate of drug-likeness (QED) is 0.648. The van der Waals surface area contributed by atoms with E-state index in [9.17, 15) is 19.2 Å². The molecule has 0 spiro atoms. The van der Waals surface area contributed by atoms with Crippen molar-refractivity contribution in [1.29, 1.82) is 0 Å². The fourth-order valence-electron chi connectivity index (χ4n) is 1.56. The summed E-state index contributed by atoms with van der Waals surface area (Å²) in [6, 6.07) is -0.988. The fourth-order valence-corrected chi connectivity index (χ4v) is 1.56. The van der Waals surface area contributed by atoms with E-state index < -0.39 is 48.7 Å². The molecule has 0 rings (SSSR count). The van der Waals surface area contributed by atoms with Gasteiger partial charge >= 0.3 is 18.0 Å². The first-order valence-corrected chi connectivity index (χ1v) is 7.45. The van der Waals surface area contributed by atoms with Crippen LogP contribution >= 0.6 is 0 Å². The molecule has 0 aliphatic carbocycles. The number of aliphatic carboxylic acids is 1. The van der Waals surface area contributed by atoms with E-state index in [0.717, 1.165) is 4.90 Å². The number of carbonyl (C=O) groups excluding carboxylic acids is 3. The summed E-state index contributed by atoms with van der Waals surface area (Å²) in [6.07, 6.45) is -0.771. The molecular formula is C15H26N2O7. The molecule has 0 fully saturated rings. The van der Waals surface area contributed by atoms with E-state index in [-0.39, 0.29) is 5.92 Å². The summed E-state index contributed by atoms with van der Waals surface area (Å²) in [7, 11) is 1.28. The van der Waals surface area contributed by atoms with Crippen molar-refractivity contribution in [3.05, 3.63) is 0 Å². The van der Waals surface area contributed by atoms with Crippen LogP contribution in [-0.2, 0) is 23.9 Å². The lowest BCUT2D eigenvalue weighted by Gasteiger charge is -2.24. The van der Waals surface area contributed by atoms with Crippen molar-refractivity contribution in [3.8, 4) is 0 Å². The zero-order chi connectivity index (χ0) is 19.1. The van der Waals surface area contributed by atoms with Crippen molar-refractivity contribution in [3.63, 3.8) is 0 Å². The lowest BCUT2D eigenvalue weighted by Crippen LogP contribution is -2.48. The number of alkyl carbamates (subject to hydrolysis) is 1. The second-order valence-corrected chi connectivity index (χ2v) is 6.62. The van der Waals surface area contributed by atoms with Crippen molar-refractivity contribution in [2.45, 2.75) is 46.3 Å². The number of carboxylic acids is 1. The molecule has 9 heteroatoms. The molecule has 0 radical (unpaired) electrons. The van der Waals surface area contributed by atoms with Crippen LogP contribution in [0.4, 0.5) is 4.79 Å². The van der Waals surface area contributed by atoms with Gasteiger partial charge in [-0.3, -0.25) is 9.59 Å². The third-order valence-electron chi connectivity index (χ3n) is 2.73. The monoisotopic (exact) mass is 346 g/mol. The first kappa shape index (κ1) is 21.7. The lowest BCUT2D eigenvalue weighted by molar-refractivity contribution is -0.155. The van der Waals surface area contributed by atoms with E-state index >= 15 is 0 Å². The van der Waals surface area contributed by atoms with Crippen LogP contribution in [0.3, 0.4) is 0 Å². The van der Waals surface area contributed by atoms with Gasteiger partial charge in [0.15, 0.2) is 6.61 Å². The number of likely N-dealkylation sites (N-methyl/N-ethyl adjacent to an activating group) is 1. The molecule has 0 bridgehead atoms. The number of carbonyl (C=O) groups is 4. The number of nitrogens with one attached hydrogen (secondary N) is 1. The Balaban J connectivity index is 4.63. The molecule has 0 unspecified atom stereocenters. The number of ether oxygens (including phenoxy) is 2. The largest absolute Gasteiger partial charge is 0.480 e. The smallest absolute Gasteiger partial charge is 0.408 e. The van der Waals surface area contributed by atoms with Crippen LogP contribution in [0.2, 0.25) is 0 Å². The van der Waals surface area contributed by atoms with E-state index in [1.165, 1.54) is 7.05 Å². The Morgan fingerprint density at radius 1 is 1.17 bits per heavy atom. The molecule has 0 aromatic heterocycles. The van der Waals surface area contributed by atoms with Gasteiger partial charge in [-0.15, -0.1) is 0 Å². The summed E-state index contributed by atoms with van der Waals surface area (Å²) < 4.78 is 9.95. The summed E-state index contributed by atoms with van der Waals surface area (Å²) >= 11 is 0. The van der Waals surface area contributed by atoms with Crippen molar-refractivity contribution in [2.75, 3.05) is 20.2 Å². The molecule has 24 heavy (non-hydrogen) atoms. The highest BCUT2D eigenvalue weighted by atomic mass is 16.6. The minimum absolute atomic E-state index is 0.295. The highest BCUT2D eigenvalue weighted by Gasteiger charge is 2.29. The third-order valence-corrected chi connectivity index (χ3v) is 2.73. The maximum atomic E-state index is 12.1. The van der Waals surface area contributed by atoms with Crippen LogP contribution in [0.1, 0.15) is 34.6 Å². The molecule has 1 atom stereocenters. The molecule has 0 aromatic rings. The Kier molecular flexibility index (Phi) is 8.21. The van der Waals surface area contributed by atoms with E-state index in [4.69, 9.17) is 14.6 Å². The molecule has 9 nitrogen and oxygen atoms in total. The molecule has 0 saturated carbocycles. The van der Waals surface area contributed by atoms with Gasteiger partial charge in [0.2, 0.25) is 0 Å². The van der Waals surface area contributed by atoms with E-state index in [0.29, 0.717) is 0 Å². The van der Waals surface area contributed by atoms with Crippen LogP contribution < -0.4 is 5.32 Å². The number of hydrogen-bond donors (Lipinski definition) is 2. The summed E-state index contributed by atoms with van der Waals surface area (Å²) in [6.45, 7) is 7.34. The fraction of sp³-hybridized carbons (Fsp3) is 0.733. The van der Waals surface area contributed by atoms with Crippen molar-refractivity contribution in [2.24, 2.45) is 5.92 Å². The number of nitrogens with zero attached hydrogens (tertiary/aromatic N) is 1. The average molecular weight is 346 g/mol. The van der Waals surface area contributed by atoms with Crippen LogP contribution in [0.5, 0.6) is 0 Å². The predicted octanol–water partition coefficient (Wildman–Crippen LogP) is 0.622. The van der Waals surface area contributed by atoms with Gasteiger partial charge in [-0.05, 0) is 26.7 Å². The van der Waals surface area contributed by atoms with E-state index in [1.807, 2.05) is 0 Å². The zero-order valence-electron chi connectivity index (χ0n) is 14.9. The maximum absolute atomic E-state index is 12.1. The highest BCUT2D eigenvalue weighted by Crippen LogP contribution is 2.09. The Bertz CT molecular complexity index is 483. The van der Waals surface area contributed by atoms with Crippen molar-refractivity contribution < 1.29 is 33.8 Å². The summed E-state index contributed by atoms with van der Waals surface area (Å²) in [5.41, 5.74) is -0.717. The van der Waals surface area contributed by atoms with Gasteiger partial charge in [0, 0.05) is 7.05 Å². The van der Waals surface area contributed by atoms with Crippen LogP contribution in [0.15, 0.2) is 0 Å².